The molecule has 8 heteroatoms. The van der Waals surface area contributed by atoms with E-state index in [2.05, 4.69) is 41.4 Å². The lowest BCUT2D eigenvalue weighted by Crippen LogP contribution is -2.43. The topological polar surface area (TPSA) is 72.8 Å². The monoisotopic (exact) mass is 540 g/mol. The number of para-hydroxylation sites is 1. The lowest BCUT2D eigenvalue weighted by molar-refractivity contribution is -0.132. The number of fused-ring (bicyclic) bond motifs is 1. The number of aromatic nitrogens is 1. The van der Waals surface area contributed by atoms with Gasteiger partial charge in [-0.3, -0.25) is 9.59 Å². The van der Waals surface area contributed by atoms with Crippen LogP contribution >= 0.6 is 11.3 Å². The highest BCUT2D eigenvalue weighted by Crippen LogP contribution is 2.21. The second-order valence-corrected chi connectivity index (χ2v) is 10.7. The highest BCUT2D eigenvalue weighted by atomic mass is 32.1. The Hall–Kier alpha value is -4.30. The van der Waals surface area contributed by atoms with E-state index in [-0.39, 0.29) is 24.9 Å². The second kappa shape index (κ2) is 12.0. The Balaban J connectivity index is 1.37. The summed E-state index contributed by atoms with van der Waals surface area (Å²) in [5.74, 6) is 0.349. The Morgan fingerprint density at radius 2 is 1.72 bits per heavy atom. The van der Waals surface area contributed by atoms with Crippen molar-refractivity contribution in [1.82, 2.24) is 14.8 Å². The van der Waals surface area contributed by atoms with Gasteiger partial charge in [-0.15, -0.1) is 11.3 Å². The predicted octanol–water partition coefficient (Wildman–Crippen LogP) is 5.80. The van der Waals surface area contributed by atoms with Gasteiger partial charge in [-0.2, -0.15) is 0 Å². The number of amides is 2. The fraction of sp³-hybridized carbons (Fsp3) is 0.226. The van der Waals surface area contributed by atoms with Crippen LogP contribution in [0.25, 0.3) is 10.9 Å². The molecule has 0 atom stereocenters. The van der Waals surface area contributed by atoms with Crippen molar-refractivity contribution in [3.8, 4) is 0 Å². The molecule has 0 radical (unpaired) electrons. The molecule has 0 aliphatic rings. The van der Waals surface area contributed by atoms with Gasteiger partial charge in [-0.1, -0.05) is 36.4 Å². The summed E-state index contributed by atoms with van der Waals surface area (Å²) in [6, 6.07) is 23.6. The van der Waals surface area contributed by atoms with E-state index < -0.39 is 0 Å². The van der Waals surface area contributed by atoms with Gasteiger partial charge in [-0.05, 0) is 59.3 Å². The average molecular weight is 541 g/mol. The molecule has 0 bridgehead atoms. The van der Waals surface area contributed by atoms with Crippen molar-refractivity contribution in [3.63, 3.8) is 0 Å². The Morgan fingerprint density at radius 3 is 2.44 bits per heavy atom. The molecular formula is C31H32N4O3S. The number of furan rings is 1. The quantitative estimate of drug-likeness (QED) is 0.230. The molecule has 200 valence electrons. The van der Waals surface area contributed by atoms with Crippen LogP contribution in [-0.2, 0) is 24.3 Å². The van der Waals surface area contributed by atoms with E-state index in [0.29, 0.717) is 30.1 Å². The lowest BCUT2D eigenvalue weighted by atomic mass is 10.1. The molecule has 0 saturated heterocycles. The van der Waals surface area contributed by atoms with Crippen LogP contribution in [0.1, 0.15) is 26.6 Å². The molecule has 3 aromatic heterocycles. The van der Waals surface area contributed by atoms with E-state index in [4.69, 9.17) is 4.42 Å². The molecule has 0 fully saturated rings. The molecule has 3 heterocycles. The van der Waals surface area contributed by atoms with Crippen molar-refractivity contribution >= 4 is 39.7 Å². The normalized spacial score (nSPS) is 11.0. The van der Waals surface area contributed by atoms with E-state index in [1.165, 1.54) is 11.3 Å². The van der Waals surface area contributed by atoms with E-state index in [0.717, 1.165) is 27.7 Å². The average Bonchev–Trinajstić information content (AvgIpc) is 3.73. The van der Waals surface area contributed by atoms with Gasteiger partial charge in [0.05, 0.1) is 17.7 Å². The molecule has 0 unspecified atom stereocenters. The molecule has 0 spiro atoms. The van der Waals surface area contributed by atoms with Crippen molar-refractivity contribution in [2.24, 2.45) is 0 Å². The molecular weight excluding hydrogens is 508 g/mol. The lowest BCUT2D eigenvalue weighted by Gasteiger charge is -2.27. The number of rotatable bonds is 11. The molecule has 39 heavy (non-hydrogen) atoms. The number of hydrogen-bond donors (Lipinski definition) is 1. The van der Waals surface area contributed by atoms with Gasteiger partial charge in [0.1, 0.15) is 12.3 Å². The number of aromatic amines is 1. The third-order valence-corrected chi connectivity index (χ3v) is 7.63. The Morgan fingerprint density at radius 1 is 0.897 bits per heavy atom. The van der Waals surface area contributed by atoms with E-state index in [1.54, 1.807) is 23.3 Å². The summed E-state index contributed by atoms with van der Waals surface area (Å²) in [6.07, 6.45) is 4.29. The van der Waals surface area contributed by atoms with Crippen molar-refractivity contribution in [2.45, 2.75) is 19.5 Å². The van der Waals surface area contributed by atoms with Crippen LogP contribution in [0.3, 0.4) is 0 Å². The van der Waals surface area contributed by atoms with E-state index in [1.807, 2.05) is 59.7 Å². The highest BCUT2D eigenvalue weighted by Gasteiger charge is 2.24. The molecule has 5 rings (SSSR count). The number of benzene rings is 2. The number of nitrogens with zero attached hydrogens (tertiary/aromatic N) is 3. The van der Waals surface area contributed by atoms with Crippen molar-refractivity contribution < 1.29 is 14.0 Å². The van der Waals surface area contributed by atoms with Gasteiger partial charge in [0.25, 0.3) is 5.91 Å². The maximum Gasteiger partial charge on any atom is 0.264 e. The fourth-order valence-electron chi connectivity index (χ4n) is 4.62. The van der Waals surface area contributed by atoms with Crippen LogP contribution in [0.2, 0.25) is 0 Å². The van der Waals surface area contributed by atoms with Gasteiger partial charge >= 0.3 is 0 Å². The zero-order valence-electron chi connectivity index (χ0n) is 22.2. The van der Waals surface area contributed by atoms with Crippen LogP contribution in [-0.4, -0.2) is 53.8 Å². The Bertz CT molecular complexity index is 1510. The van der Waals surface area contributed by atoms with E-state index >= 15 is 0 Å². The molecule has 1 N–H and O–H groups in total. The van der Waals surface area contributed by atoms with Crippen LogP contribution in [0.5, 0.6) is 0 Å². The van der Waals surface area contributed by atoms with Gasteiger partial charge in [0.2, 0.25) is 5.91 Å². The maximum atomic E-state index is 13.8. The summed E-state index contributed by atoms with van der Waals surface area (Å²) in [5.41, 5.74) is 4.38. The van der Waals surface area contributed by atoms with Gasteiger partial charge in [-0.25, -0.2) is 0 Å². The Kier molecular flexibility index (Phi) is 8.13. The zero-order chi connectivity index (χ0) is 27.2. The molecule has 0 aliphatic carbocycles. The number of hydrogen-bond acceptors (Lipinski definition) is 5. The molecule has 5 aromatic rings. The Labute approximate surface area is 232 Å². The number of carbonyl (C=O) groups is 2. The van der Waals surface area contributed by atoms with Crippen molar-refractivity contribution in [3.05, 3.63) is 112 Å². The third-order valence-electron chi connectivity index (χ3n) is 6.78. The largest absolute Gasteiger partial charge is 0.467 e. The number of H-pyrrole nitrogens is 1. The standard InChI is InChI=1S/C31H32N4O3S/c1-33(2)25-13-11-23(12-14-25)20-34(16-15-24-19-32-28-9-4-3-8-27(24)28)30(36)22-35(21-26-7-5-17-38-26)31(37)29-10-6-18-39-29/h3-14,17-19,32H,15-16,20-22H2,1-2H3. The highest BCUT2D eigenvalue weighted by molar-refractivity contribution is 7.12. The summed E-state index contributed by atoms with van der Waals surface area (Å²) in [6.45, 7) is 1.17. The van der Waals surface area contributed by atoms with Crippen LogP contribution in [0.4, 0.5) is 5.69 Å². The number of carbonyl (C=O) groups excluding carboxylic acids is 2. The van der Waals surface area contributed by atoms with Gasteiger partial charge in [0.15, 0.2) is 0 Å². The van der Waals surface area contributed by atoms with Gasteiger partial charge < -0.3 is 24.1 Å². The first-order valence-corrected chi connectivity index (χ1v) is 13.8. The summed E-state index contributed by atoms with van der Waals surface area (Å²) in [4.78, 5) is 36.6. The molecule has 7 nitrogen and oxygen atoms in total. The minimum atomic E-state index is -0.179. The summed E-state index contributed by atoms with van der Waals surface area (Å²) < 4.78 is 5.51. The minimum absolute atomic E-state index is 0.0406. The summed E-state index contributed by atoms with van der Waals surface area (Å²) >= 11 is 1.37. The van der Waals surface area contributed by atoms with Crippen molar-refractivity contribution in [2.75, 3.05) is 32.1 Å². The van der Waals surface area contributed by atoms with E-state index in [9.17, 15) is 9.59 Å². The predicted molar refractivity (Wildman–Crippen MR) is 156 cm³/mol. The summed E-state index contributed by atoms with van der Waals surface area (Å²) in [5, 5.41) is 3.03. The smallest absolute Gasteiger partial charge is 0.264 e. The van der Waals surface area contributed by atoms with Crippen LogP contribution in [0, 0.1) is 0 Å². The molecule has 2 amide bonds. The first kappa shape index (κ1) is 26.3. The SMILES string of the molecule is CN(C)c1ccc(CN(CCc2c[nH]c3ccccc23)C(=O)CN(Cc2ccco2)C(=O)c2cccs2)cc1. The molecule has 0 saturated carbocycles. The van der Waals surface area contributed by atoms with Crippen LogP contribution < -0.4 is 4.90 Å². The molecule has 0 aliphatic heterocycles. The fourth-order valence-corrected chi connectivity index (χ4v) is 5.31. The number of thiophene rings is 1. The first-order chi connectivity index (χ1) is 19.0. The van der Waals surface area contributed by atoms with Crippen molar-refractivity contribution in [1.29, 1.82) is 0 Å². The first-order valence-electron chi connectivity index (χ1n) is 12.9. The summed E-state index contributed by atoms with van der Waals surface area (Å²) in [7, 11) is 4.01. The maximum absolute atomic E-state index is 13.8. The number of anilines is 1. The third kappa shape index (κ3) is 6.41. The van der Waals surface area contributed by atoms with Gasteiger partial charge in [0, 0.05) is 50.0 Å². The zero-order valence-corrected chi connectivity index (χ0v) is 23.0. The van der Waals surface area contributed by atoms with Crippen LogP contribution in [0.15, 0.2) is 95.1 Å². The molecule has 2 aromatic carbocycles. The minimum Gasteiger partial charge on any atom is -0.467 e. The number of nitrogens with one attached hydrogen (secondary N) is 1. The second-order valence-electron chi connectivity index (χ2n) is 9.70.